The number of piperidine rings is 1. The average molecular weight is 472 g/mol. The SMILES string of the molecule is COc1ccc(CNc2nc(C)c(-c3ccn(CC4CCCN(C)C4)n3)s2)c(OC)c1OC. The number of hydrogen-bond acceptors (Lipinski definition) is 8. The van der Waals surface area contributed by atoms with Gasteiger partial charge in [0.25, 0.3) is 0 Å². The van der Waals surface area contributed by atoms with Crippen LogP contribution in [0.15, 0.2) is 24.4 Å². The number of methoxy groups -OCH3 is 3. The van der Waals surface area contributed by atoms with Gasteiger partial charge < -0.3 is 24.4 Å². The second-order valence-electron chi connectivity index (χ2n) is 8.47. The van der Waals surface area contributed by atoms with Gasteiger partial charge in [0, 0.05) is 31.4 Å². The third-order valence-corrected chi connectivity index (χ3v) is 7.19. The van der Waals surface area contributed by atoms with Crippen molar-refractivity contribution >= 4 is 16.5 Å². The van der Waals surface area contributed by atoms with E-state index in [0.29, 0.717) is 29.7 Å². The van der Waals surface area contributed by atoms with E-state index in [1.165, 1.54) is 19.4 Å². The first kappa shape index (κ1) is 23.4. The lowest BCUT2D eigenvalue weighted by Gasteiger charge is -2.29. The van der Waals surface area contributed by atoms with E-state index in [2.05, 4.69) is 34.2 Å². The average Bonchev–Trinajstić information content (AvgIpc) is 3.42. The fourth-order valence-electron chi connectivity index (χ4n) is 4.45. The third kappa shape index (κ3) is 5.25. The number of aromatic nitrogens is 3. The van der Waals surface area contributed by atoms with Gasteiger partial charge in [0.05, 0.1) is 31.9 Å². The summed E-state index contributed by atoms with van der Waals surface area (Å²) >= 11 is 1.62. The molecular formula is C24H33N5O3S. The van der Waals surface area contributed by atoms with Crippen LogP contribution in [0.25, 0.3) is 10.6 Å². The molecule has 178 valence electrons. The second kappa shape index (κ2) is 10.4. The topological polar surface area (TPSA) is 73.7 Å². The van der Waals surface area contributed by atoms with Gasteiger partial charge in [-0.1, -0.05) is 11.3 Å². The zero-order valence-corrected chi connectivity index (χ0v) is 20.9. The van der Waals surface area contributed by atoms with Crippen molar-refractivity contribution in [1.29, 1.82) is 0 Å². The van der Waals surface area contributed by atoms with Crippen molar-refractivity contribution in [1.82, 2.24) is 19.7 Å². The highest BCUT2D eigenvalue weighted by molar-refractivity contribution is 7.19. The Morgan fingerprint density at radius 3 is 2.67 bits per heavy atom. The molecule has 8 nitrogen and oxygen atoms in total. The number of thiazole rings is 1. The van der Waals surface area contributed by atoms with Crippen LogP contribution in [0.4, 0.5) is 5.13 Å². The minimum Gasteiger partial charge on any atom is -0.493 e. The van der Waals surface area contributed by atoms with Gasteiger partial charge in [0.2, 0.25) is 5.75 Å². The van der Waals surface area contributed by atoms with Gasteiger partial charge in [-0.25, -0.2) is 4.98 Å². The molecule has 0 aliphatic carbocycles. The summed E-state index contributed by atoms with van der Waals surface area (Å²) in [6, 6.07) is 5.95. The summed E-state index contributed by atoms with van der Waals surface area (Å²) in [4.78, 5) is 8.23. The highest BCUT2D eigenvalue weighted by Gasteiger charge is 2.20. The van der Waals surface area contributed by atoms with Crippen LogP contribution in [0.1, 0.15) is 24.1 Å². The number of nitrogens with zero attached hydrogens (tertiary/aromatic N) is 4. The van der Waals surface area contributed by atoms with Gasteiger partial charge in [-0.05, 0) is 57.5 Å². The molecule has 1 fully saturated rings. The summed E-state index contributed by atoms with van der Waals surface area (Å²) in [5.74, 6) is 2.55. The molecule has 1 aliphatic rings. The van der Waals surface area contributed by atoms with Gasteiger partial charge >= 0.3 is 0 Å². The quantitative estimate of drug-likeness (QED) is 0.499. The number of benzene rings is 1. The molecule has 1 aliphatic heterocycles. The van der Waals surface area contributed by atoms with Crippen LogP contribution >= 0.6 is 11.3 Å². The van der Waals surface area contributed by atoms with Crippen molar-refractivity contribution in [2.24, 2.45) is 5.92 Å². The van der Waals surface area contributed by atoms with Crippen LogP contribution in [0, 0.1) is 12.8 Å². The van der Waals surface area contributed by atoms with Gasteiger partial charge in [-0.3, -0.25) is 4.68 Å². The van der Waals surface area contributed by atoms with E-state index in [0.717, 1.165) is 40.0 Å². The molecule has 1 aromatic carbocycles. The lowest BCUT2D eigenvalue weighted by atomic mass is 9.99. The molecule has 9 heteroatoms. The Morgan fingerprint density at radius 1 is 1.12 bits per heavy atom. The summed E-state index contributed by atoms with van der Waals surface area (Å²) < 4.78 is 18.5. The molecule has 1 unspecified atom stereocenters. The molecule has 2 aromatic heterocycles. The summed E-state index contributed by atoms with van der Waals surface area (Å²) in [5, 5.41) is 9.13. The first-order valence-electron chi connectivity index (χ1n) is 11.2. The number of hydrogen-bond donors (Lipinski definition) is 1. The minimum atomic E-state index is 0.555. The normalized spacial score (nSPS) is 16.6. The van der Waals surface area contributed by atoms with E-state index < -0.39 is 0 Å². The highest BCUT2D eigenvalue weighted by atomic mass is 32.1. The summed E-state index contributed by atoms with van der Waals surface area (Å²) in [6.45, 7) is 5.89. The molecule has 1 N–H and O–H groups in total. The Morgan fingerprint density at radius 2 is 1.94 bits per heavy atom. The first-order valence-corrected chi connectivity index (χ1v) is 12.1. The molecule has 3 aromatic rings. The Labute approximate surface area is 199 Å². The summed E-state index contributed by atoms with van der Waals surface area (Å²) in [6.07, 6.45) is 4.63. The zero-order chi connectivity index (χ0) is 23.4. The minimum absolute atomic E-state index is 0.555. The summed E-state index contributed by atoms with van der Waals surface area (Å²) in [5.41, 5.74) is 2.92. The number of rotatable bonds is 9. The van der Waals surface area contributed by atoms with E-state index in [4.69, 9.17) is 24.3 Å². The first-order chi connectivity index (χ1) is 16.0. The molecule has 1 saturated heterocycles. The van der Waals surface area contributed by atoms with Crippen LogP contribution in [0.5, 0.6) is 17.2 Å². The maximum Gasteiger partial charge on any atom is 0.203 e. The van der Waals surface area contributed by atoms with Crippen molar-refractivity contribution in [3.63, 3.8) is 0 Å². The van der Waals surface area contributed by atoms with Gasteiger partial charge in [0.1, 0.15) is 5.69 Å². The number of ether oxygens (including phenoxy) is 3. The molecule has 0 saturated carbocycles. The van der Waals surface area contributed by atoms with Crippen LogP contribution in [0.3, 0.4) is 0 Å². The monoisotopic (exact) mass is 471 g/mol. The Bertz CT molecular complexity index is 1080. The smallest absolute Gasteiger partial charge is 0.203 e. The molecule has 0 bridgehead atoms. The standard InChI is InChI=1S/C24H33N5O3S/c1-16-23(19-10-12-29(27-19)15-17-7-6-11-28(2)14-17)33-24(26-16)25-13-18-8-9-20(30-3)22(32-5)21(18)31-4/h8-10,12,17H,6-7,11,13-15H2,1-5H3,(H,25,26). The van der Waals surface area contributed by atoms with E-state index in [1.807, 2.05) is 19.1 Å². The largest absolute Gasteiger partial charge is 0.493 e. The van der Waals surface area contributed by atoms with Crippen LogP contribution in [-0.4, -0.2) is 61.1 Å². The molecule has 4 rings (SSSR count). The fraction of sp³-hybridized carbons (Fsp3) is 0.500. The Kier molecular flexibility index (Phi) is 7.39. The van der Waals surface area contributed by atoms with Crippen molar-refractivity contribution < 1.29 is 14.2 Å². The van der Waals surface area contributed by atoms with Gasteiger partial charge in [-0.15, -0.1) is 0 Å². The van der Waals surface area contributed by atoms with Crippen LogP contribution < -0.4 is 19.5 Å². The molecule has 0 radical (unpaired) electrons. The van der Waals surface area contributed by atoms with E-state index >= 15 is 0 Å². The second-order valence-corrected chi connectivity index (χ2v) is 9.47. The van der Waals surface area contributed by atoms with Gasteiger partial charge in [-0.2, -0.15) is 5.10 Å². The lowest BCUT2D eigenvalue weighted by Crippen LogP contribution is -2.34. The molecule has 33 heavy (non-hydrogen) atoms. The predicted octanol–water partition coefficient (Wildman–Crippen LogP) is 4.29. The van der Waals surface area contributed by atoms with Crippen molar-refractivity contribution in [3.05, 3.63) is 35.7 Å². The predicted molar refractivity (Wildman–Crippen MR) is 132 cm³/mol. The van der Waals surface area contributed by atoms with E-state index in [-0.39, 0.29) is 0 Å². The highest BCUT2D eigenvalue weighted by Crippen LogP contribution is 2.40. The van der Waals surface area contributed by atoms with E-state index in [1.54, 1.807) is 32.7 Å². The lowest BCUT2D eigenvalue weighted by molar-refractivity contribution is 0.191. The number of anilines is 1. The van der Waals surface area contributed by atoms with Crippen molar-refractivity contribution in [2.45, 2.75) is 32.9 Å². The van der Waals surface area contributed by atoms with E-state index in [9.17, 15) is 0 Å². The maximum absolute atomic E-state index is 5.59. The Balaban J connectivity index is 1.45. The van der Waals surface area contributed by atoms with Crippen LogP contribution in [0.2, 0.25) is 0 Å². The fourth-order valence-corrected chi connectivity index (χ4v) is 5.38. The Hall–Kier alpha value is -2.78. The maximum atomic E-state index is 5.59. The number of aryl methyl sites for hydroxylation is 1. The molecule has 0 amide bonds. The van der Waals surface area contributed by atoms with Crippen molar-refractivity contribution in [2.75, 3.05) is 46.8 Å². The molecule has 1 atom stereocenters. The molecule has 0 spiro atoms. The van der Waals surface area contributed by atoms with Crippen molar-refractivity contribution in [3.8, 4) is 27.8 Å². The summed E-state index contributed by atoms with van der Waals surface area (Å²) in [7, 11) is 7.06. The van der Waals surface area contributed by atoms with Gasteiger partial charge in [0.15, 0.2) is 16.6 Å². The van der Waals surface area contributed by atoms with Crippen LogP contribution in [-0.2, 0) is 13.1 Å². The molecular weight excluding hydrogens is 438 g/mol. The molecule has 3 heterocycles. The number of likely N-dealkylation sites (tertiary alicyclic amines) is 1. The zero-order valence-electron chi connectivity index (χ0n) is 20.1. The number of nitrogens with one attached hydrogen (secondary N) is 1. The third-order valence-electron chi connectivity index (χ3n) is 6.05.